The molecule has 0 saturated carbocycles. The highest BCUT2D eigenvalue weighted by Crippen LogP contribution is 2.23. The Morgan fingerprint density at radius 2 is 2.12 bits per heavy atom. The zero-order valence-corrected chi connectivity index (χ0v) is 10.5. The molecule has 0 aliphatic rings. The molecule has 86 valence electrons. The van der Waals surface area contributed by atoms with Crippen molar-refractivity contribution < 1.29 is 14.3 Å². The molecule has 16 heavy (non-hydrogen) atoms. The lowest BCUT2D eigenvalue weighted by Crippen LogP contribution is -2.17. The van der Waals surface area contributed by atoms with Crippen molar-refractivity contribution in [1.82, 2.24) is 0 Å². The molecule has 1 aromatic carbocycles. The average molecular weight is 259 g/mol. The first-order valence-electron chi connectivity index (χ1n) is 4.65. The van der Waals surface area contributed by atoms with Gasteiger partial charge in [-0.1, -0.05) is 11.6 Å². The van der Waals surface area contributed by atoms with Crippen LogP contribution in [0.1, 0.15) is 17.3 Å². The lowest BCUT2D eigenvalue weighted by atomic mass is 10.1. The number of ether oxygens (including phenoxy) is 1. The normalized spacial score (nSPS) is 9.94. The molecule has 0 aromatic heterocycles. The van der Waals surface area contributed by atoms with Gasteiger partial charge in [0.05, 0.1) is 11.6 Å². The molecule has 3 nitrogen and oxygen atoms in total. The van der Waals surface area contributed by atoms with Crippen molar-refractivity contribution in [3.05, 3.63) is 28.8 Å². The van der Waals surface area contributed by atoms with Gasteiger partial charge in [-0.3, -0.25) is 4.79 Å². The van der Waals surface area contributed by atoms with Gasteiger partial charge in [-0.2, -0.15) is 0 Å². The van der Waals surface area contributed by atoms with Crippen molar-refractivity contribution in [3.8, 4) is 0 Å². The number of hydrogen-bond acceptors (Lipinski definition) is 4. The second kappa shape index (κ2) is 5.92. The molecule has 0 fully saturated rings. The van der Waals surface area contributed by atoms with Crippen molar-refractivity contribution in [2.24, 2.45) is 0 Å². The van der Waals surface area contributed by atoms with Crippen LogP contribution >= 0.6 is 23.4 Å². The van der Waals surface area contributed by atoms with E-state index in [-0.39, 0.29) is 17.2 Å². The molecule has 0 amide bonds. The van der Waals surface area contributed by atoms with Gasteiger partial charge in [-0.05, 0) is 31.4 Å². The van der Waals surface area contributed by atoms with Crippen LogP contribution < -0.4 is 0 Å². The Morgan fingerprint density at radius 3 is 2.69 bits per heavy atom. The van der Waals surface area contributed by atoms with E-state index in [0.29, 0.717) is 0 Å². The topological polar surface area (TPSA) is 43.4 Å². The van der Waals surface area contributed by atoms with Crippen LogP contribution in [-0.4, -0.2) is 24.6 Å². The minimum Gasteiger partial charge on any atom is -0.460 e. The van der Waals surface area contributed by atoms with Crippen LogP contribution in [0.25, 0.3) is 0 Å². The molecule has 0 unspecified atom stereocenters. The number of carbonyl (C=O) groups excluding carboxylic acids is 2. The molecule has 0 bridgehead atoms. The molecule has 0 spiro atoms. The Morgan fingerprint density at radius 1 is 1.44 bits per heavy atom. The van der Waals surface area contributed by atoms with E-state index in [2.05, 4.69) is 4.74 Å². The zero-order chi connectivity index (χ0) is 12.1. The Bertz CT molecular complexity index is 418. The predicted octanol–water partition coefficient (Wildman–Crippen LogP) is 2.81. The van der Waals surface area contributed by atoms with Crippen molar-refractivity contribution in [3.63, 3.8) is 0 Å². The number of benzene rings is 1. The van der Waals surface area contributed by atoms with E-state index in [0.717, 1.165) is 4.90 Å². The van der Waals surface area contributed by atoms with Gasteiger partial charge in [0.15, 0.2) is 0 Å². The molecule has 0 aliphatic heterocycles. The number of esters is 1. The highest BCUT2D eigenvalue weighted by atomic mass is 35.5. The van der Waals surface area contributed by atoms with Crippen LogP contribution in [0.4, 0.5) is 0 Å². The number of Topliss-reactive ketones (excluding diaryl/α,β-unsaturated/α-hetero) is 1. The summed E-state index contributed by atoms with van der Waals surface area (Å²) < 4.78 is 4.63. The van der Waals surface area contributed by atoms with E-state index in [1.807, 2.05) is 6.26 Å². The highest BCUT2D eigenvalue weighted by Gasteiger charge is 2.20. The van der Waals surface area contributed by atoms with Crippen LogP contribution in [0.15, 0.2) is 23.1 Å². The summed E-state index contributed by atoms with van der Waals surface area (Å²) in [5.41, 5.74) is 0.187. The molecule has 1 aromatic rings. The number of thioether (sulfide) groups is 1. The van der Waals surface area contributed by atoms with Gasteiger partial charge >= 0.3 is 5.97 Å². The van der Waals surface area contributed by atoms with E-state index in [4.69, 9.17) is 11.6 Å². The lowest BCUT2D eigenvalue weighted by Gasteiger charge is -2.04. The maximum Gasteiger partial charge on any atom is 0.379 e. The van der Waals surface area contributed by atoms with Gasteiger partial charge in [-0.15, -0.1) is 11.8 Å². The number of hydrogen-bond donors (Lipinski definition) is 0. The van der Waals surface area contributed by atoms with E-state index >= 15 is 0 Å². The molecular weight excluding hydrogens is 248 g/mol. The number of halogens is 1. The van der Waals surface area contributed by atoms with Crippen LogP contribution in [0.3, 0.4) is 0 Å². The fourth-order valence-corrected chi connectivity index (χ4v) is 1.76. The van der Waals surface area contributed by atoms with Gasteiger partial charge < -0.3 is 4.74 Å². The largest absolute Gasteiger partial charge is 0.460 e. The SMILES string of the molecule is CCOC(=O)C(=O)c1cc(SC)ccc1Cl. The third-order valence-electron chi connectivity index (χ3n) is 1.88. The number of carbonyl (C=O) groups is 2. The minimum atomic E-state index is -0.873. The number of ketones is 1. The summed E-state index contributed by atoms with van der Waals surface area (Å²) in [5.74, 6) is -1.58. The van der Waals surface area contributed by atoms with Gasteiger partial charge in [0.2, 0.25) is 0 Å². The average Bonchev–Trinajstić information content (AvgIpc) is 2.29. The Hall–Kier alpha value is -1.00. The molecule has 0 saturated heterocycles. The fourth-order valence-electron chi connectivity index (χ4n) is 1.11. The molecule has 0 radical (unpaired) electrons. The smallest absolute Gasteiger partial charge is 0.379 e. The third-order valence-corrected chi connectivity index (χ3v) is 2.93. The molecule has 0 N–H and O–H groups in total. The van der Waals surface area contributed by atoms with E-state index in [9.17, 15) is 9.59 Å². The Labute approximate surface area is 103 Å². The first-order chi connectivity index (χ1) is 7.60. The highest BCUT2D eigenvalue weighted by molar-refractivity contribution is 7.98. The van der Waals surface area contributed by atoms with E-state index < -0.39 is 11.8 Å². The minimum absolute atomic E-state index is 0.171. The van der Waals surface area contributed by atoms with Crippen LogP contribution in [0.2, 0.25) is 5.02 Å². The van der Waals surface area contributed by atoms with Gasteiger partial charge in [0.1, 0.15) is 0 Å². The molecule has 0 aliphatic carbocycles. The Balaban J connectivity index is 3.02. The molecule has 0 heterocycles. The van der Waals surface area contributed by atoms with Crippen LogP contribution in [-0.2, 0) is 9.53 Å². The summed E-state index contributed by atoms with van der Waals surface area (Å²) >= 11 is 7.33. The second-order valence-electron chi connectivity index (χ2n) is 2.90. The maximum atomic E-state index is 11.7. The predicted molar refractivity (Wildman–Crippen MR) is 64.2 cm³/mol. The summed E-state index contributed by atoms with van der Waals surface area (Å²) in [4.78, 5) is 23.8. The molecular formula is C11H11ClO3S. The van der Waals surface area contributed by atoms with Crippen LogP contribution in [0, 0.1) is 0 Å². The first kappa shape index (κ1) is 13.1. The molecule has 1 rings (SSSR count). The standard InChI is InChI=1S/C11H11ClO3S/c1-3-15-11(14)10(13)8-6-7(16-2)4-5-9(8)12/h4-6H,3H2,1-2H3. The van der Waals surface area contributed by atoms with Crippen molar-refractivity contribution in [2.75, 3.05) is 12.9 Å². The van der Waals surface area contributed by atoms with Crippen molar-refractivity contribution in [1.29, 1.82) is 0 Å². The van der Waals surface area contributed by atoms with Gasteiger partial charge in [0.25, 0.3) is 5.78 Å². The first-order valence-corrected chi connectivity index (χ1v) is 6.25. The van der Waals surface area contributed by atoms with Gasteiger partial charge in [-0.25, -0.2) is 4.79 Å². The van der Waals surface area contributed by atoms with E-state index in [1.54, 1.807) is 25.1 Å². The summed E-state index contributed by atoms with van der Waals surface area (Å²) in [6, 6.07) is 4.97. The fraction of sp³-hybridized carbons (Fsp3) is 0.273. The summed E-state index contributed by atoms with van der Waals surface area (Å²) in [5, 5.41) is 0.260. The zero-order valence-electron chi connectivity index (χ0n) is 8.95. The maximum absolute atomic E-state index is 11.7. The van der Waals surface area contributed by atoms with Crippen molar-refractivity contribution in [2.45, 2.75) is 11.8 Å². The summed E-state index contributed by atoms with van der Waals surface area (Å²) in [6.45, 7) is 1.81. The molecule has 5 heteroatoms. The second-order valence-corrected chi connectivity index (χ2v) is 4.18. The third kappa shape index (κ3) is 3.00. The molecule has 0 atom stereocenters. The van der Waals surface area contributed by atoms with Crippen molar-refractivity contribution >= 4 is 35.1 Å². The van der Waals surface area contributed by atoms with E-state index in [1.165, 1.54) is 11.8 Å². The summed E-state index contributed by atoms with van der Waals surface area (Å²) in [7, 11) is 0. The van der Waals surface area contributed by atoms with Gasteiger partial charge in [0, 0.05) is 10.5 Å². The quantitative estimate of drug-likeness (QED) is 0.361. The van der Waals surface area contributed by atoms with Crippen LogP contribution in [0.5, 0.6) is 0 Å². The lowest BCUT2D eigenvalue weighted by molar-refractivity contribution is -0.137. The Kier molecular flexibility index (Phi) is 4.83. The number of rotatable bonds is 4. The summed E-state index contributed by atoms with van der Waals surface area (Å²) in [6.07, 6.45) is 1.88. The monoisotopic (exact) mass is 258 g/mol.